The number of carbonyl (C=O) groups excluding carboxylic acids is 1. The third kappa shape index (κ3) is 3.69. The molecule has 0 aliphatic rings. The standard InChI is InChI=1S/C20H21BrN6O2/c1-4-26-10-15(21)16(24-26)11-25(3)18(28)12-27-20-19(13(2)23-27)14(7-8-22-20)17-6-5-9-29-17/h5-10H,4,11-12H2,1-3H3. The van der Waals surface area contributed by atoms with Crippen molar-refractivity contribution in [1.29, 1.82) is 0 Å². The number of hydrogen-bond donors (Lipinski definition) is 0. The smallest absolute Gasteiger partial charge is 0.244 e. The van der Waals surface area contributed by atoms with Crippen molar-refractivity contribution in [1.82, 2.24) is 29.4 Å². The van der Waals surface area contributed by atoms with Crippen LogP contribution in [0.1, 0.15) is 18.3 Å². The predicted octanol–water partition coefficient (Wildman–Crippen LogP) is 3.64. The van der Waals surface area contributed by atoms with Crippen LogP contribution in [0.5, 0.6) is 0 Å². The first-order valence-corrected chi connectivity index (χ1v) is 10.1. The Morgan fingerprint density at radius 1 is 1.31 bits per heavy atom. The number of halogens is 1. The van der Waals surface area contributed by atoms with Crippen molar-refractivity contribution < 1.29 is 9.21 Å². The van der Waals surface area contributed by atoms with Gasteiger partial charge in [0.1, 0.15) is 12.3 Å². The maximum atomic E-state index is 12.8. The van der Waals surface area contributed by atoms with Crippen LogP contribution in [0.3, 0.4) is 0 Å². The fraction of sp³-hybridized carbons (Fsp3) is 0.300. The Hall–Kier alpha value is -2.94. The van der Waals surface area contributed by atoms with Gasteiger partial charge in [0.15, 0.2) is 5.65 Å². The maximum Gasteiger partial charge on any atom is 0.244 e. The minimum Gasteiger partial charge on any atom is -0.464 e. The molecule has 29 heavy (non-hydrogen) atoms. The number of nitrogens with zero attached hydrogens (tertiary/aromatic N) is 6. The van der Waals surface area contributed by atoms with Gasteiger partial charge < -0.3 is 9.32 Å². The fourth-order valence-corrected chi connectivity index (χ4v) is 3.74. The third-order valence-electron chi connectivity index (χ3n) is 4.80. The highest BCUT2D eigenvalue weighted by Gasteiger charge is 2.19. The zero-order valence-corrected chi connectivity index (χ0v) is 18.0. The molecule has 0 bridgehead atoms. The SMILES string of the molecule is CCn1cc(Br)c(CN(C)C(=O)Cn2nc(C)c3c(-c4ccco4)ccnc32)n1. The molecule has 0 aliphatic heterocycles. The van der Waals surface area contributed by atoms with E-state index in [1.54, 1.807) is 29.1 Å². The predicted molar refractivity (Wildman–Crippen MR) is 112 cm³/mol. The topological polar surface area (TPSA) is 82.0 Å². The van der Waals surface area contributed by atoms with E-state index in [2.05, 4.69) is 31.1 Å². The molecule has 4 heterocycles. The van der Waals surface area contributed by atoms with Gasteiger partial charge in [-0.2, -0.15) is 10.2 Å². The Balaban J connectivity index is 1.58. The molecule has 0 atom stereocenters. The van der Waals surface area contributed by atoms with E-state index in [4.69, 9.17) is 4.42 Å². The number of rotatable bonds is 6. The van der Waals surface area contributed by atoms with Crippen molar-refractivity contribution in [3.8, 4) is 11.3 Å². The fourth-order valence-electron chi connectivity index (χ4n) is 3.30. The summed E-state index contributed by atoms with van der Waals surface area (Å²) in [6.45, 7) is 5.22. The lowest BCUT2D eigenvalue weighted by atomic mass is 10.1. The van der Waals surface area contributed by atoms with Crippen LogP contribution < -0.4 is 0 Å². The Bertz CT molecular complexity index is 1160. The molecule has 0 spiro atoms. The number of fused-ring (bicyclic) bond motifs is 1. The van der Waals surface area contributed by atoms with E-state index in [1.165, 1.54) is 0 Å². The number of aromatic nitrogens is 5. The summed E-state index contributed by atoms with van der Waals surface area (Å²) in [5.74, 6) is 0.678. The summed E-state index contributed by atoms with van der Waals surface area (Å²) in [6.07, 6.45) is 5.26. The summed E-state index contributed by atoms with van der Waals surface area (Å²) in [6, 6.07) is 5.64. The van der Waals surface area contributed by atoms with E-state index >= 15 is 0 Å². The van der Waals surface area contributed by atoms with Gasteiger partial charge in [-0.3, -0.25) is 9.48 Å². The van der Waals surface area contributed by atoms with Gasteiger partial charge in [-0.25, -0.2) is 9.67 Å². The van der Waals surface area contributed by atoms with Crippen LogP contribution in [0.25, 0.3) is 22.4 Å². The van der Waals surface area contributed by atoms with Crippen LogP contribution in [0.4, 0.5) is 0 Å². The van der Waals surface area contributed by atoms with Gasteiger partial charge >= 0.3 is 0 Å². The molecule has 9 heteroatoms. The third-order valence-corrected chi connectivity index (χ3v) is 5.47. The highest BCUT2D eigenvalue weighted by Crippen LogP contribution is 2.30. The first-order chi connectivity index (χ1) is 14.0. The molecule has 4 aromatic rings. The van der Waals surface area contributed by atoms with Gasteiger partial charge in [0.25, 0.3) is 0 Å². The lowest BCUT2D eigenvalue weighted by Gasteiger charge is -2.16. The Labute approximate surface area is 176 Å². The minimum atomic E-state index is -0.0717. The zero-order chi connectivity index (χ0) is 20.5. The summed E-state index contributed by atoms with van der Waals surface area (Å²) in [4.78, 5) is 18.9. The minimum absolute atomic E-state index is 0.0717. The van der Waals surface area contributed by atoms with Gasteiger partial charge in [0.05, 0.1) is 34.1 Å². The molecule has 0 aromatic carbocycles. The molecule has 4 aromatic heterocycles. The van der Waals surface area contributed by atoms with Crippen LogP contribution >= 0.6 is 15.9 Å². The molecule has 150 valence electrons. The van der Waals surface area contributed by atoms with Gasteiger partial charge in [-0.15, -0.1) is 0 Å². The second-order valence-corrected chi connectivity index (χ2v) is 7.66. The van der Waals surface area contributed by atoms with E-state index in [0.717, 1.165) is 39.1 Å². The highest BCUT2D eigenvalue weighted by molar-refractivity contribution is 9.10. The number of furan rings is 1. The molecular weight excluding hydrogens is 436 g/mol. The summed E-state index contributed by atoms with van der Waals surface area (Å²) < 4.78 is 9.92. The number of carbonyl (C=O) groups is 1. The molecule has 0 saturated heterocycles. The van der Waals surface area contributed by atoms with Gasteiger partial charge in [0.2, 0.25) is 5.91 Å². The van der Waals surface area contributed by atoms with Crippen molar-refractivity contribution in [2.45, 2.75) is 33.5 Å². The molecular formula is C20H21BrN6O2. The van der Waals surface area contributed by atoms with E-state index in [0.29, 0.717) is 12.2 Å². The van der Waals surface area contributed by atoms with Crippen molar-refractivity contribution in [2.75, 3.05) is 7.05 Å². The number of amides is 1. The average molecular weight is 457 g/mol. The van der Waals surface area contributed by atoms with Crippen molar-refractivity contribution in [3.05, 3.63) is 52.7 Å². The molecule has 0 N–H and O–H groups in total. The summed E-state index contributed by atoms with van der Waals surface area (Å²) >= 11 is 3.51. The Morgan fingerprint density at radius 2 is 2.14 bits per heavy atom. The van der Waals surface area contributed by atoms with Gasteiger partial charge in [-0.05, 0) is 48.0 Å². The second kappa shape index (κ2) is 7.82. The average Bonchev–Trinajstić information content (AvgIpc) is 3.43. The van der Waals surface area contributed by atoms with E-state index in [9.17, 15) is 4.79 Å². The molecule has 0 saturated carbocycles. The Kier molecular flexibility index (Phi) is 5.23. The first-order valence-electron chi connectivity index (χ1n) is 9.29. The molecule has 0 fully saturated rings. The van der Waals surface area contributed by atoms with Gasteiger partial charge in [0, 0.05) is 31.5 Å². The lowest BCUT2D eigenvalue weighted by Crippen LogP contribution is -2.30. The van der Waals surface area contributed by atoms with Crippen LogP contribution in [-0.4, -0.2) is 42.4 Å². The molecule has 4 rings (SSSR count). The number of hydrogen-bond acceptors (Lipinski definition) is 5. The lowest BCUT2D eigenvalue weighted by molar-refractivity contribution is -0.131. The van der Waals surface area contributed by atoms with Crippen LogP contribution in [0.2, 0.25) is 0 Å². The largest absolute Gasteiger partial charge is 0.464 e. The summed E-state index contributed by atoms with van der Waals surface area (Å²) in [7, 11) is 1.76. The maximum absolute atomic E-state index is 12.8. The van der Waals surface area contributed by atoms with E-state index in [-0.39, 0.29) is 12.5 Å². The Morgan fingerprint density at radius 3 is 2.83 bits per heavy atom. The highest BCUT2D eigenvalue weighted by atomic mass is 79.9. The van der Waals surface area contributed by atoms with Crippen molar-refractivity contribution >= 4 is 32.9 Å². The normalized spacial score (nSPS) is 11.3. The van der Waals surface area contributed by atoms with Crippen LogP contribution in [0, 0.1) is 6.92 Å². The van der Waals surface area contributed by atoms with E-state index in [1.807, 2.05) is 42.9 Å². The number of pyridine rings is 1. The van der Waals surface area contributed by atoms with Crippen LogP contribution in [-0.2, 0) is 24.4 Å². The zero-order valence-electron chi connectivity index (χ0n) is 16.5. The molecule has 0 aliphatic carbocycles. The monoisotopic (exact) mass is 456 g/mol. The number of aryl methyl sites for hydroxylation is 2. The van der Waals surface area contributed by atoms with Crippen molar-refractivity contribution in [2.24, 2.45) is 0 Å². The molecule has 0 unspecified atom stereocenters. The quantitative estimate of drug-likeness (QED) is 0.442. The van der Waals surface area contributed by atoms with Gasteiger partial charge in [-0.1, -0.05) is 0 Å². The van der Waals surface area contributed by atoms with E-state index < -0.39 is 0 Å². The summed E-state index contributed by atoms with van der Waals surface area (Å²) in [5.41, 5.74) is 3.20. The molecule has 1 amide bonds. The molecule has 8 nitrogen and oxygen atoms in total. The molecule has 0 radical (unpaired) electrons. The summed E-state index contributed by atoms with van der Waals surface area (Å²) in [5, 5.41) is 9.93. The first kappa shape index (κ1) is 19.4. The van der Waals surface area contributed by atoms with Crippen LogP contribution in [0.15, 0.2) is 45.7 Å². The number of likely N-dealkylation sites (N-methyl/N-ethyl adjacent to an activating group) is 1. The second-order valence-electron chi connectivity index (χ2n) is 6.81. The van der Waals surface area contributed by atoms with Crippen molar-refractivity contribution in [3.63, 3.8) is 0 Å².